The van der Waals surface area contributed by atoms with E-state index in [1.807, 2.05) is 30.3 Å². The Labute approximate surface area is 140 Å². The average molecular weight is 330 g/mol. The summed E-state index contributed by atoms with van der Waals surface area (Å²) >= 11 is 0. The lowest BCUT2D eigenvalue weighted by Crippen LogP contribution is -2.09. The van der Waals surface area contributed by atoms with Crippen LogP contribution in [0.3, 0.4) is 0 Å². The van der Waals surface area contributed by atoms with Crippen LogP contribution in [0.1, 0.15) is 25.7 Å². The van der Waals surface area contributed by atoms with Gasteiger partial charge in [0.15, 0.2) is 0 Å². The number of nitro groups is 1. The summed E-state index contributed by atoms with van der Waals surface area (Å²) < 4.78 is 0. The zero-order valence-electron chi connectivity index (χ0n) is 13.4. The topological polar surface area (TPSA) is 119 Å². The summed E-state index contributed by atoms with van der Waals surface area (Å²) in [6.45, 7) is 1.31. The number of unbranched alkanes of at least 4 members (excludes halogenated alkanes) is 3. The van der Waals surface area contributed by atoms with E-state index in [4.69, 9.17) is 5.73 Å². The maximum Gasteiger partial charge on any atom is 0.329 e. The molecule has 4 N–H and O–H groups in total. The first kappa shape index (κ1) is 17.6. The molecule has 1 aromatic heterocycles. The Morgan fingerprint density at radius 2 is 1.88 bits per heavy atom. The highest BCUT2D eigenvalue weighted by molar-refractivity contribution is 5.60. The SMILES string of the molecule is NCCCCCCNc1nc(Nc2ccccc2)ncc1[N+](=O)[O-]. The van der Waals surface area contributed by atoms with Gasteiger partial charge in [-0.1, -0.05) is 31.0 Å². The van der Waals surface area contributed by atoms with Gasteiger partial charge in [0.25, 0.3) is 0 Å². The number of anilines is 3. The van der Waals surface area contributed by atoms with Crippen molar-refractivity contribution in [3.8, 4) is 0 Å². The van der Waals surface area contributed by atoms with Gasteiger partial charge in [-0.15, -0.1) is 0 Å². The zero-order chi connectivity index (χ0) is 17.2. The van der Waals surface area contributed by atoms with Gasteiger partial charge in [-0.3, -0.25) is 10.1 Å². The quantitative estimate of drug-likeness (QED) is 0.348. The maximum absolute atomic E-state index is 11.1. The summed E-state index contributed by atoms with van der Waals surface area (Å²) in [7, 11) is 0. The van der Waals surface area contributed by atoms with E-state index >= 15 is 0 Å². The Bertz CT molecular complexity index is 650. The van der Waals surface area contributed by atoms with Crippen molar-refractivity contribution in [1.82, 2.24) is 9.97 Å². The van der Waals surface area contributed by atoms with Crippen molar-refractivity contribution in [2.24, 2.45) is 5.73 Å². The predicted octanol–water partition coefficient (Wildman–Crippen LogP) is 3.06. The largest absolute Gasteiger partial charge is 0.364 e. The number of aromatic nitrogens is 2. The molecule has 0 saturated heterocycles. The summed E-state index contributed by atoms with van der Waals surface area (Å²) in [6, 6.07) is 9.41. The van der Waals surface area contributed by atoms with Crippen LogP contribution in [-0.4, -0.2) is 28.0 Å². The van der Waals surface area contributed by atoms with Crippen LogP contribution in [0.2, 0.25) is 0 Å². The molecule has 0 aliphatic carbocycles. The summed E-state index contributed by atoms with van der Waals surface area (Å²) in [5, 5.41) is 17.2. The lowest BCUT2D eigenvalue weighted by atomic mass is 10.2. The van der Waals surface area contributed by atoms with Gasteiger partial charge in [-0.2, -0.15) is 4.98 Å². The molecule has 2 rings (SSSR count). The smallest absolute Gasteiger partial charge is 0.329 e. The van der Waals surface area contributed by atoms with Crippen LogP contribution in [-0.2, 0) is 0 Å². The first-order valence-corrected chi connectivity index (χ1v) is 7.98. The molecular formula is C16H22N6O2. The fourth-order valence-corrected chi connectivity index (χ4v) is 2.18. The minimum absolute atomic E-state index is 0.129. The summed E-state index contributed by atoms with van der Waals surface area (Å²) in [4.78, 5) is 18.9. The minimum atomic E-state index is -0.483. The molecule has 8 nitrogen and oxygen atoms in total. The van der Waals surface area contributed by atoms with Crippen LogP contribution in [0.4, 0.5) is 23.1 Å². The van der Waals surface area contributed by atoms with Crippen molar-refractivity contribution in [3.63, 3.8) is 0 Å². The first-order chi connectivity index (χ1) is 11.7. The molecule has 8 heteroatoms. The molecule has 2 aromatic rings. The van der Waals surface area contributed by atoms with Crippen molar-refractivity contribution in [2.45, 2.75) is 25.7 Å². The van der Waals surface area contributed by atoms with Crippen molar-refractivity contribution in [2.75, 3.05) is 23.7 Å². The van der Waals surface area contributed by atoms with Gasteiger partial charge in [-0.25, -0.2) is 4.98 Å². The molecule has 0 atom stereocenters. The maximum atomic E-state index is 11.1. The summed E-state index contributed by atoms with van der Waals surface area (Å²) in [5.41, 5.74) is 6.14. The number of nitrogens with one attached hydrogen (secondary N) is 2. The van der Waals surface area contributed by atoms with E-state index in [0.717, 1.165) is 31.4 Å². The Hall–Kier alpha value is -2.74. The van der Waals surface area contributed by atoms with E-state index in [9.17, 15) is 10.1 Å². The van der Waals surface area contributed by atoms with E-state index < -0.39 is 4.92 Å². The number of hydrogen-bond donors (Lipinski definition) is 3. The number of nitrogens with zero attached hydrogens (tertiary/aromatic N) is 3. The molecule has 0 saturated carbocycles. The number of benzene rings is 1. The predicted molar refractivity (Wildman–Crippen MR) is 94.4 cm³/mol. The molecule has 1 heterocycles. The van der Waals surface area contributed by atoms with Gasteiger partial charge >= 0.3 is 5.69 Å². The van der Waals surface area contributed by atoms with Crippen LogP contribution in [0, 0.1) is 10.1 Å². The average Bonchev–Trinajstić information content (AvgIpc) is 2.59. The lowest BCUT2D eigenvalue weighted by Gasteiger charge is -2.09. The van der Waals surface area contributed by atoms with Crippen molar-refractivity contribution < 1.29 is 4.92 Å². The van der Waals surface area contributed by atoms with Crippen LogP contribution >= 0.6 is 0 Å². The molecule has 0 unspecified atom stereocenters. The molecule has 0 aliphatic heterocycles. The second-order valence-corrected chi connectivity index (χ2v) is 5.31. The second kappa shape index (κ2) is 9.41. The summed E-state index contributed by atoms with van der Waals surface area (Å²) in [5.74, 6) is 0.546. The molecule has 0 bridgehead atoms. The molecule has 0 amide bonds. The van der Waals surface area contributed by atoms with E-state index in [2.05, 4.69) is 20.6 Å². The third-order valence-corrected chi connectivity index (χ3v) is 3.42. The van der Waals surface area contributed by atoms with Gasteiger partial charge in [0, 0.05) is 12.2 Å². The van der Waals surface area contributed by atoms with Gasteiger partial charge in [-0.05, 0) is 31.5 Å². The highest BCUT2D eigenvalue weighted by Crippen LogP contribution is 2.23. The summed E-state index contributed by atoms with van der Waals surface area (Å²) in [6.07, 6.45) is 5.21. The number of rotatable bonds is 10. The number of para-hydroxylation sites is 1. The highest BCUT2D eigenvalue weighted by atomic mass is 16.6. The van der Waals surface area contributed by atoms with E-state index in [1.165, 1.54) is 6.20 Å². The molecule has 0 aliphatic rings. The molecule has 0 fully saturated rings. The van der Waals surface area contributed by atoms with E-state index in [1.54, 1.807) is 0 Å². The van der Waals surface area contributed by atoms with Crippen LogP contribution < -0.4 is 16.4 Å². The van der Waals surface area contributed by atoms with Crippen molar-refractivity contribution in [3.05, 3.63) is 46.6 Å². The third-order valence-electron chi connectivity index (χ3n) is 3.42. The van der Waals surface area contributed by atoms with Gasteiger partial charge in [0.05, 0.1) is 4.92 Å². The van der Waals surface area contributed by atoms with Crippen molar-refractivity contribution in [1.29, 1.82) is 0 Å². The number of hydrogen-bond acceptors (Lipinski definition) is 7. The fourth-order valence-electron chi connectivity index (χ4n) is 2.18. The van der Waals surface area contributed by atoms with Gasteiger partial charge < -0.3 is 16.4 Å². The Morgan fingerprint density at radius 1 is 1.12 bits per heavy atom. The lowest BCUT2D eigenvalue weighted by molar-refractivity contribution is -0.384. The fraction of sp³-hybridized carbons (Fsp3) is 0.375. The van der Waals surface area contributed by atoms with Crippen LogP contribution in [0.15, 0.2) is 36.5 Å². The van der Waals surface area contributed by atoms with Crippen molar-refractivity contribution >= 4 is 23.1 Å². The Morgan fingerprint density at radius 3 is 2.58 bits per heavy atom. The monoisotopic (exact) mass is 330 g/mol. The molecule has 24 heavy (non-hydrogen) atoms. The zero-order valence-corrected chi connectivity index (χ0v) is 13.4. The van der Waals surface area contributed by atoms with E-state index in [0.29, 0.717) is 19.0 Å². The number of nitrogens with two attached hydrogens (primary N) is 1. The normalized spacial score (nSPS) is 10.4. The highest BCUT2D eigenvalue weighted by Gasteiger charge is 2.17. The molecular weight excluding hydrogens is 308 g/mol. The molecule has 1 aromatic carbocycles. The Kier molecular flexibility index (Phi) is 6.91. The van der Waals surface area contributed by atoms with Gasteiger partial charge in [0.1, 0.15) is 6.20 Å². The first-order valence-electron chi connectivity index (χ1n) is 7.98. The van der Waals surface area contributed by atoms with Crippen LogP contribution in [0.25, 0.3) is 0 Å². The van der Waals surface area contributed by atoms with E-state index in [-0.39, 0.29) is 11.5 Å². The molecule has 128 valence electrons. The second-order valence-electron chi connectivity index (χ2n) is 5.31. The standard InChI is InChI=1S/C16H22N6O2/c17-10-6-1-2-7-11-18-15-14(22(23)24)12-19-16(21-15)20-13-8-4-3-5-9-13/h3-5,8-9,12H,1-2,6-7,10-11,17H2,(H2,18,19,20,21). The van der Waals surface area contributed by atoms with Gasteiger partial charge in [0.2, 0.25) is 11.8 Å². The molecule has 0 radical (unpaired) electrons. The molecule has 0 spiro atoms. The minimum Gasteiger partial charge on any atom is -0.364 e. The Balaban J connectivity index is 2.00. The van der Waals surface area contributed by atoms with Crippen LogP contribution in [0.5, 0.6) is 0 Å². The third kappa shape index (κ3) is 5.47.